The van der Waals surface area contributed by atoms with E-state index in [2.05, 4.69) is 47.6 Å². The van der Waals surface area contributed by atoms with Crippen molar-refractivity contribution in [1.82, 2.24) is 0 Å². The number of carbonyl (C=O) groups is 1. The summed E-state index contributed by atoms with van der Waals surface area (Å²) in [5, 5.41) is 0. The fourth-order valence-corrected chi connectivity index (χ4v) is 9.72. The third-order valence-electron chi connectivity index (χ3n) is 12.2. The Bertz CT molecular complexity index is 818. The average molecular weight is 499 g/mol. The fraction of sp³-hybridized carbons (Fsp3) is 0.912. The van der Waals surface area contributed by atoms with Crippen LogP contribution in [0.5, 0.6) is 0 Å². The lowest BCUT2D eigenvalue weighted by Crippen LogP contribution is -2.51. The van der Waals surface area contributed by atoms with E-state index in [-0.39, 0.29) is 12.1 Å². The first kappa shape index (κ1) is 28.2. The standard InChI is InChI=1S/C34H58O2/c1-10-24(22(2)3)12-11-23(4)28-15-16-29-27-14-13-25-21-26(36-31(35)32(5,6)7)17-19-33(25,8)30(27)18-20-34(28,29)9/h13,22-24,26-30H,10-12,14-21H2,1-9H3/t23-,24-,26?,27+,28-,29+,30+,33+,34-/m1/s1. The second-order valence-corrected chi connectivity index (χ2v) is 15.5. The first-order chi connectivity index (χ1) is 16.8. The van der Waals surface area contributed by atoms with Crippen LogP contribution in [0.4, 0.5) is 0 Å². The van der Waals surface area contributed by atoms with E-state index in [0.717, 1.165) is 54.3 Å². The van der Waals surface area contributed by atoms with Gasteiger partial charge in [0, 0.05) is 6.42 Å². The van der Waals surface area contributed by atoms with E-state index in [1.54, 1.807) is 5.57 Å². The third kappa shape index (κ3) is 5.10. The summed E-state index contributed by atoms with van der Waals surface area (Å²) >= 11 is 0. The molecule has 0 aromatic heterocycles. The van der Waals surface area contributed by atoms with Crippen molar-refractivity contribution in [2.45, 2.75) is 139 Å². The smallest absolute Gasteiger partial charge is 0.311 e. The second kappa shape index (κ2) is 10.4. The van der Waals surface area contributed by atoms with Crippen molar-refractivity contribution in [3.8, 4) is 0 Å². The van der Waals surface area contributed by atoms with Crippen LogP contribution in [0.25, 0.3) is 0 Å². The zero-order chi connectivity index (χ0) is 26.5. The highest BCUT2D eigenvalue weighted by Crippen LogP contribution is 2.67. The van der Waals surface area contributed by atoms with E-state index in [0.29, 0.717) is 10.8 Å². The Hall–Kier alpha value is -0.790. The van der Waals surface area contributed by atoms with Crippen LogP contribution >= 0.6 is 0 Å². The predicted octanol–water partition coefficient (Wildman–Crippen LogP) is 9.62. The summed E-state index contributed by atoms with van der Waals surface area (Å²) in [5.41, 5.74) is 2.07. The summed E-state index contributed by atoms with van der Waals surface area (Å²) in [6.07, 6.45) is 17.1. The monoisotopic (exact) mass is 498 g/mol. The van der Waals surface area contributed by atoms with Gasteiger partial charge in [-0.05, 0) is 124 Å². The lowest BCUT2D eigenvalue weighted by atomic mass is 9.47. The summed E-state index contributed by atoms with van der Waals surface area (Å²) in [5.74, 6) is 6.05. The average Bonchev–Trinajstić information content (AvgIpc) is 3.16. The first-order valence-electron chi connectivity index (χ1n) is 15.7. The molecule has 3 saturated carbocycles. The van der Waals surface area contributed by atoms with Gasteiger partial charge in [0.1, 0.15) is 6.10 Å². The molecule has 0 radical (unpaired) electrons. The van der Waals surface area contributed by atoms with Crippen molar-refractivity contribution in [2.75, 3.05) is 0 Å². The van der Waals surface area contributed by atoms with E-state index in [1.165, 1.54) is 57.8 Å². The van der Waals surface area contributed by atoms with Gasteiger partial charge in [0.05, 0.1) is 5.41 Å². The van der Waals surface area contributed by atoms with Gasteiger partial charge in [0.25, 0.3) is 0 Å². The van der Waals surface area contributed by atoms with Gasteiger partial charge in [-0.2, -0.15) is 0 Å². The van der Waals surface area contributed by atoms with Crippen molar-refractivity contribution in [2.24, 2.45) is 57.7 Å². The predicted molar refractivity (Wildman–Crippen MR) is 152 cm³/mol. The van der Waals surface area contributed by atoms with Gasteiger partial charge in [-0.3, -0.25) is 4.79 Å². The van der Waals surface area contributed by atoms with Crippen LogP contribution in [-0.4, -0.2) is 12.1 Å². The molecule has 2 heteroatoms. The number of ether oxygens (including phenoxy) is 1. The Labute approximate surface area is 223 Å². The minimum atomic E-state index is -0.414. The van der Waals surface area contributed by atoms with Crippen molar-refractivity contribution < 1.29 is 9.53 Å². The quantitative estimate of drug-likeness (QED) is 0.258. The molecular weight excluding hydrogens is 440 g/mol. The molecule has 4 aliphatic carbocycles. The first-order valence-corrected chi connectivity index (χ1v) is 15.7. The molecule has 0 spiro atoms. The lowest BCUT2D eigenvalue weighted by Gasteiger charge is -2.58. The molecule has 0 heterocycles. The minimum Gasteiger partial charge on any atom is -0.462 e. The molecule has 9 atom stereocenters. The van der Waals surface area contributed by atoms with Gasteiger partial charge in [-0.25, -0.2) is 0 Å². The molecule has 0 saturated heterocycles. The van der Waals surface area contributed by atoms with Crippen molar-refractivity contribution in [1.29, 1.82) is 0 Å². The van der Waals surface area contributed by atoms with Crippen LogP contribution in [0.15, 0.2) is 11.6 Å². The molecule has 1 unspecified atom stereocenters. The van der Waals surface area contributed by atoms with Gasteiger partial charge < -0.3 is 4.74 Å². The van der Waals surface area contributed by atoms with Gasteiger partial charge in [-0.15, -0.1) is 0 Å². The number of esters is 1. The highest BCUT2D eigenvalue weighted by atomic mass is 16.5. The third-order valence-corrected chi connectivity index (χ3v) is 12.2. The van der Waals surface area contributed by atoms with Gasteiger partial charge >= 0.3 is 5.97 Å². The SMILES string of the molecule is CC[C@H](CC[C@@H](C)[C@H]1CC[C@H]2[C@@H]3CC=C4CC(OC(=O)C(C)(C)C)CC[C@]4(C)[C@H]3CC[C@]12C)C(C)C. The van der Waals surface area contributed by atoms with E-state index >= 15 is 0 Å². The largest absolute Gasteiger partial charge is 0.462 e. The Balaban J connectivity index is 1.44. The van der Waals surface area contributed by atoms with E-state index < -0.39 is 5.41 Å². The maximum Gasteiger partial charge on any atom is 0.311 e. The molecule has 2 nitrogen and oxygen atoms in total. The van der Waals surface area contributed by atoms with Crippen LogP contribution in [0, 0.1) is 57.7 Å². The molecule has 36 heavy (non-hydrogen) atoms. The molecule has 0 amide bonds. The molecule has 4 aliphatic rings. The van der Waals surface area contributed by atoms with Crippen molar-refractivity contribution in [3.63, 3.8) is 0 Å². The molecule has 0 aliphatic heterocycles. The van der Waals surface area contributed by atoms with E-state index in [1.807, 2.05) is 20.8 Å². The van der Waals surface area contributed by atoms with Crippen LogP contribution in [0.1, 0.15) is 133 Å². The Kier molecular flexibility index (Phi) is 8.16. The Morgan fingerprint density at radius 2 is 1.75 bits per heavy atom. The van der Waals surface area contributed by atoms with Crippen molar-refractivity contribution >= 4 is 5.97 Å². The van der Waals surface area contributed by atoms with Crippen LogP contribution in [0.2, 0.25) is 0 Å². The maximum absolute atomic E-state index is 12.5. The zero-order valence-corrected chi connectivity index (χ0v) is 25.3. The normalized spacial score (nSPS) is 40.1. The number of carbonyl (C=O) groups excluding carboxylic acids is 1. The number of rotatable bonds is 7. The fourth-order valence-electron chi connectivity index (χ4n) is 9.72. The van der Waals surface area contributed by atoms with Crippen LogP contribution in [-0.2, 0) is 9.53 Å². The summed E-state index contributed by atoms with van der Waals surface area (Å²) < 4.78 is 5.99. The highest BCUT2D eigenvalue weighted by molar-refractivity contribution is 5.75. The summed E-state index contributed by atoms with van der Waals surface area (Å²) in [6, 6.07) is 0. The van der Waals surface area contributed by atoms with Crippen LogP contribution in [0.3, 0.4) is 0 Å². The topological polar surface area (TPSA) is 26.3 Å². The second-order valence-electron chi connectivity index (χ2n) is 15.5. The maximum atomic E-state index is 12.5. The summed E-state index contributed by atoms with van der Waals surface area (Å²) in [4.78, 5) is 12.5. The van der Waals surface area contributed by atoms with Crippen molar-refractivity contribution in [3.05, 3.63) is 11.6 Å². The Morgan fingerprint density at radius 3 is 2.39 bits per heavy atom. The van der Waals surface area contributed by atoms with Gasteiger partial charge in [0.15, 0.2) is 0 Å². The highest BCUT2D eigenvalue weighted by Gasteiger charge is 2.59. The number of hydrogen-bond acceptors (Lipinski definition) is 2. The summed E-state index contributed by atoms with van der Waals surface area (Å²) in [6.45, 7) is 21.0. The van der Waals surface area contributed by atoms with Gasteiger partial charge in [0.2, 0.25) is 0 Å². The lowest BCUT2D eigenvalue weighted by molar-refractivity contribution is -0.161. The molecule has 206 valence electrons. The minimum absolute atomic E-state index is 0.0383. The zero-order valence-electron chi connectivity index (χ0n) is 25.3. The molecule has 0 aromatic carbocycles. The van der Waals surface area contributed by atoms with E-state index in [4.69, 9.17) is 4.74 Å². The molecule has 0 bridgehead atoms. The number of allylic oxidation sites excluding steroid dienone is 1. The number of fused-ring (bicyclic) bond motifs is 5. The molecule has 0 aromatic rings. The summed E-state index contributed by atoms with van der Waals surface area (Å²) in [7, 11) is 0. The molecule has 3 fully saturated rings. The molecule has 0 N–H and O–H groups in total. The van der Waals surface area contributed by atoms with Crippen LogP contribution < -0.4 is 0 Å². The number of hydrogen-bond donors (Lipinski definition) is 0. The molecular formula is C34H58O2. The molecule has 4 rings (SSSR count). The van der Waals surface area contributed by atoms with Gasteiger partial charge in [-0.1, -0.05) is 66.0 Å². The Morgan fingerprint density at radius 1 is 1.03 bits per heavy atom. The van der Waals surface area contributed by atoms with E-state index in [9.17, 15) is 4.79 Å².